The van der Waals surface area contributed by atoms with Crippen molar-refractivity contribution in [1.82, 2.24) is 4.98 Å². The van der Waals surface area contributed by atoms with Crippen LogP contribution in [0, 0.1) is 5.82 Å². The van der Waals surface area contributed by atoms with Crippen molar-refractivity contribution in [3.8, 4) is 11.3 Å². The van der Waals surface area contributed by atoms with Crippen LogP contribution in [0.15, 0.2) is 28.1 Å². The van der Waals surface area contributed by atoms with E-state index in [1.807, 2.05) is 5.38 Å². The number of halogens is 2. The quantitative estimate of drug-likeness (QED) is 0.896. The summed E-state index contributed by atoms with van der Waals surface area (Å²) in [5.74, 6) is -0.265. The van der Waals surface area contributed by atoms with Crippen LogP contribution in [0.5, 0.6) is 0 Å². The lowest BCUT2D eigenvalue weighted by Crippen LogP contribution is -2.09. The van der Waals surface area contributed by atoms with Crippen molar-refractivity contribution in [3.63, 3.8) is 0 Å². The van der Waals surface area contributed by atoms with E-state index in [1.54, 1.807) is 12.1 Å². The summed E-state index contributed by atoms with van der Waals surface area (Å²) in [4.78, 5) is 4.43. The van der Waals surface area contributed by atoms with Crippen molar-refractivity contribution in [1.29, 1.82) is 0 Å². The van der Waals surface area contributed by atoms with Crippen molar-refractivity contribution in [2.75, 3.05) is 0 Å². The largest absolute Gasteiger partial charge is 0.322 e. The van der Waals surface area contributed by atoms with Crippen LogP contribution in [0.4, 0.5) is 4.39 Å². The van der Waals surface area contributed by atoms with Gasteiger partial charge in [-0.05, 0) is 24.6 Å². The van der Waals surface area contributed by atoms with Crippen molar-refractivity contribution in [3.05, 3.63) is 38.9 Å². The van der Waals surface area contributed by atoms with Gasteiger partial charge in [-0.3, -0.25) is 0 Å². The summed E-state index contributed by atoms with van der Waals surface area (Å²) in [6.45, 7) is 2.09. The third-order valence-corrected chi connectivity index (χ3v) is 4.11. The molecule has 2 rings (SSSR count). The van der Waals surface area contributed by atoms with Crippen LogP contribution in [-0.2, 0) is 0 Å². The molecule has 0 radical (unpaired) electrons. The number of hydrogen-bond donors (Lipinski definition) is 1. The van der Waals surface area contributed by atoms with E-state index in [-0.39, 0.29) is 11.9 Å². The molecule has 0 aliphatic rings. The fraction of sp³-hybridized carbons (Fsp3) is 0.308. The van der Waals surface area contributed by atoms with E-state index in [1.165, 1.54) is 17.4 Å². The van der Waals surface area contributed by atoms with Gasteiger partial charge in [0.1, 0.15) is 10.8 Å². The average molecular weight is 329 g/mol. The number of rotatable bonds is 4. The lowest BCUT2D eigenvalue weighted by molar-refractivity contribution is 0.627. The summed E-state index contributed by atoms with van der Waals surface area (Å²) in [5.41, 5.74) is 7.17. The van der Waals surface area contributed by atoms with E-state index >= 15 is 0 Å². The molecule has 1 atom stereocenters. The van der Waals surface area contributed by atoms with Crippen LogP contribution in [-0.4, -0.2) is 4.98 Å². The maximum atomic E-state index is 13.7. The summed E-state index contributed by atoms with van der Waals surface area (Å²) in [6, 6.07) is 4.79. The van der Waals surface area contributed by atoms with Gasteiger partial charge in [-0.15, -0.1) is 11.3 Å². The Bertz CT molecular complexity index is 542. The van der Waals surface area contributed by atoms with Gasteiger partial charge >= 0.3 is 0 Å². The van der Waals surface area contributed by atoms with Crippen molar-refractivity contribution < 1.29 is 4.39 Å². The molecule has 0 saturated heterocycles. The molecule has 0 bridgehead atoms. The van der Waals surface area contributed by atoms with Gasteiger partial charge in [0.2, 0.25) is 0 Å². The highest BCUT2D eigenvalue weighted by atomic mass is 79.9. The van der Waals surface area contributed by atoms with E-state index in [0.29, 0.717) is 11.3 Å². The fourth-order valence-corrected chi connectivity index (χ4v) is 2.93. The third-order valence-electron chi connectivity index (χ3n) is 2.64. The van der Waals surface area contributed by atoms with Crippen LogP contribution in [0.1, 0.15) is 30.8 Å². The first-order chi connectivity index (χ1) is 8.61. The molecule has 1 aromatic heterocycles. The highest BCUT2D eigenvalue weighted by molar-refractivity contribution is 9.10. The zero-order chi connectivity index (χ0) is 13.1. The van der Waals surface area contributed by atoms with Crippen LogP contribution < -0.4 is 5.73 Å². The minimum atomic E-state index is -0.265. The molecule has 0 amide bonds. The zero-order valence-electron chi connectivity index (χ0n) is 9.99. The highest BCUT2D eigenvalue weighted by Crippen LogP contribution is 2.29. The van der Waals surface area contributed by atoms with Crippen molar-refractivity contribution in [2.45, 2.75) is 25.8 Å². The minimum absolute atomic E-state index is 0.0519. The second-order valence-corrected chi connectivity index (χ2v) is 5.90. The summed E-state index contributed by atoms with van der Waals surface area (Å²) in [5, 5.41) is 2.72. The second-order valence-electron chi connectivity index (χ2n) is 4.09. The number of thiazole rings is 1. The molecule has 1 aromatic carbocycles. The Morgan fingerprint density at radius 2 is 2.28 bits per heavy atom. The van der Waals surface area contributed by atoms with E-state index in [2.05, 4.69) is 27.8 Å². The lowest BCUT2D eigenvalue weighted by Gasteiger charge is -2.05. The van der Waals surface area contributed by atoms with Crippen molar-refractivity contribution in [2.24, 2.45) is 5.73 Å². The molecule has 0 spiro atoms. The maximum absolute atomic E-state index is 13.7. The van der Waals surface area contributed by atoms with Crippen molar-refractivity contribution >= 4 is 27.3 Å². The summed E-state index contributed by atoms with van der Waals surface area (Å²) < 4.78 is 14.6. The van der Waals surface area contributed by atoms with E-state index in [4.69, 9.17) is 5.73 Å². The van der Waals surface area contributed by atoms with Gasteiger partial charge in [-0.25, -0.2) is 9.37 Å². The molecule has 0 saturated carbocycles. The Morgan fingerprint density at radius 3 is 3.00 bits per heavy atom. The Morgan fingerprint density at radius 1 is 1.50 bits per heavy atom. The average Bonchev–Trinajstić information content (AvgIpc) is 2.82. The van der Waals surface area contributed by atoms with E-state index in [0.717, 1.165) is 22.3 Å². The Labute approximate surface area is 118 Å². The summed E-state index contributed by atoms with van der Waals surface area (Å²) in [6.07, 6.45) is 1.91. The van der Waals surface area contributed by atoms with E-state index < -0.39 is 0 Å². The first kappa shape index (κ1) is 13.6. The predicted octanol–water partition coefficient (Wildman–Crippen LogP) is 4.51. The summed E-state index contributed by atoms with van der Waals surface area (Å²) >= 11 is 4.83. The van der Waals surface area contributed by atoms with Gasteiger partial charge in [0, 0.05) is 15.4 Å². The van der Waals surface area contributed by atoms with Crippen LogP contribution in [0.3, 0.4) is 0 Å². The molecule has 0 aliphatic heterocycles. The standard InChI is InChI=1S/C13H14BrFN2S/c1-2-3-11(16)13-17-12(7-18-13)9-6-8(14)4-5-10(9)15/h4-7,11H,2-3,16H2,1H3. The molecule has 18 heavy (non-hydrogen) atoms. The lowest BCUT2D eigenvalue weighted by atomic mass is 10.1. The molecule has 0 aliphatic carbocycles. The maximum Gasteiger partial charge on any atom is 0.132 e. The number of hydrogen-bond acceptors (Lipinski definition) is 3. The van der Waals surface area contributed by atoms with Gasteiger partial charge in [0.15, 0.2) is 0 Å². The Hall–Kier alpha value is -0.780. The molecule has 2 aromatic rings. The molecular weight excluding hydrogens is 315 g/mol. The fourth-order valence-electron chi connectivity index (χ4n) is 1.71. The third kappa shape index (κ3) is 2.96. The van der Waals surface area contributed by atoms with Crippen LogP contribution in [0.2, 0.25) is 0 Å². The smallest absolute Gasteiger partial charge is 0.132 e. The topological polar surface area (TPSA) is 38.9 Å². The monoisotopic (exact) mass is 328 g/mol. The first-order valence-electron chi connectivity index (χ1n) is 5.78. The zero-order valence-corrected chi connectivity index (χ0v) is 12.4. The number of nitrogens with zero attached hydrogens (tertiary/aromatic N) is 1. The Kier molecular flexibility index (Phi) is 4.48. The van der Waals surface area contributed by atoms with Gasteiger partial charge in [0.25, 0.3) is 0 Å². The molecule has 2 N–H and O–H groups in total. The normalized spacial score (nSPS) is 12.7. The first-order valence-corrected chi connectivity index (χ1v) is 7.45. The predicted molar refractivity (Wildman–Crippen MR) is 77.0 cm³/mol. The number of benzene rings is 1. The highest BCUT2D eigenvalue weighted by Gasteiger charge is 2.13. The molecule has 96 valence electrons. The summed E-state index contributed by atoms with van der Waals surface area (Å²) in [7, 11) is 0. The molecule has 0 fully saturated rings. The van der Waals surface area contributed by atoms with Gasteiger partial charge in [-0.2, -0.15) is 0 Å². The molecule has 2 nitrogen and oxygen atoms in total. The van der Waals surface area contributed by atoms with Gasteiger partial charge in [-0.1, -0.05) is 29.3 Å². The molecular formula is C13H14BrFN2S. The van der Waals surface area contributed by atoms with E-state index in [9.17, 15) is 4.39 Å². The SMILES string of the molecule is CCCC(N)c1nc(-c2cc(Br)ccc2F)cs1. The van der Waals surface area contributed by atoms with Gasteiger partial charge < -0.3 is 5.73 Å². The minimum Gasteiger partial charge on any atom is -0.322 e. The van der Waals surface area contributed by atoms with Crippen LogP contribution in [0.25, 0.3) is 11.3 Å². The molecule has 1 unspecified atom stereocenters. The molecule has 5 heteroatoms. The number of aromatic nitrogens is 1. The van der Waals surface area contributed by atoms with Crippen LogP contribution >= 0.6 is 27.3 Å². The number of nitrogens with two attached hydrogens (primary N) is 1. The second kappa shape index (κ2) is 5.91. The Balaban J connectivity index is 2.32. The molecule has 1 heterocycles. The van der Waals surface area contributed by atoms with Gasteiger partial charge in [0.05, 0.1) is 11.7 Å².